The number of rotatable bonds is 7. The van der Waals surface area contributed by atoms with Crippen molar-refractivity contribution in [1.29, 1.82) is 0 Å². The molecule has 1 fully saturated rings. The molecule has 0 radical (unpaired) electrons. The summed E-state index contributed by atoms with van der Waals surface area (Å²) in [5.74, 6) is 0. The molecular weight excluding hydrogens is 188 g/mol. The van der Waals surface area contributed by atoms with Gasteiger partial charge in [0.25, 0.3) is 0 Å². The average molecular weight is 208 g/mol. The van der Waals surface area contributed by atoms with Gasteiger partial charge in [0.15, 0.2) is 0 Å². The highest BCUT2D eigenvalue weighted by Crippen LogP contribution is 2.18. The maximum atomic E-state index is 4.08. The van der Waals surface area contributed by atoms with E-state index >= 15 is 0 Å². The third kappa shape index (κ3) is 3.64. The number of aromatic nitrogens is 2. The monoisotopic (exact) mass is 208 g/mol. The second-order valence-corrected chi connectivity index (χ2v) is 4.25. The number of imidazole rings is 1. The Bertz CT molecular complexity index is 291. The molecule has 1 aliphatic carbocycles. The maximum absolute atomic E-state index is 4.08. The highest BCUT2D eigenvalue weighted by molar-refractivity contribution is 4.96. The minimum absolute atomic E-state index is 0.835. The van der Waals surface area contributed by atoms with Crippen molar-refractivity contribution in [2.24, 2.45) is 7.05 Å². The second-order valence-electron chi connectivity index (χ2n) is 4.25. The Morgan fingerprint density at radius 1 is 1.47 bits per heavy atom. The summed E-state index contributed by atoms with van der Waals surface area (Å²) in [6.45, 7) is 3.13. The number of nitrogens with zero attached hydrogens (tertiary/aromatic N) is 2. The molecule has 2 N–H and O–H groups in total. The molecule has 0 aromatic carbocycles. The summed E-state index contributed by atoms with van der Waals surface area (Å²) in [5, 5.41) is 6.93. The summed E-state index contributed by atoms with van der Waals surface area (Å²) >= 11 is 0. The summed E-state index contributed by atoms with van der Waals surface area (Å²) in [6, 6.07) is 0.835. The number of nitrogens with one attached hydrogen (secondary N) is 2. The molecule has 15 heavy (non-hydrogen) atoms. The van der Waals surface area contributed by atoms with E-state index in [2.05, 4.69) is 20.2 Å². The molecule has 2 rings (SSSR count). The first kappa shape index (κ1) is 10.6. The van der Waals surface area contributed by atoms with Gasteiger partial charge in [0.1, 0.15) is 0 Å². The Morgan fingerprint density at radius 3 is 3.00 bits per heavy atom. The van der Waals surface area contributed by atoms with E-state index in [4.69, 9.17) is 0 Å². The largest absolute Gasteiger partial charge is 0.337 e. The predicted octanol–water partition coefficient (Wildman–Crippen LogP) is 0.652. The zero-order chi connectivity index (χ0) is 10.5. The molecule has 0 spiro atoms. The van der Waals surface area contributed by atoms with E-state index in [0.29, 0.717) is 0 Å². The van der Waals surface area contributed by atoms with E-state index in [9.17, 15) is 0 Å². The minimum Gasteiger partial charge on any atom is -0.337 e. The van der Waals surface area contributed by atoms with Crippen LogP contribution >= 0.6 is 0 Å². The SMILES string of the molecule is Cn1cncc1CNCCCNC1CC1. The van der Waals surface area contributed by atoms with Crippen molar-refractivity contribution < 1.29 is 0 Å². The van der Waals surface area contributed by atoms with E-state index in [-0.39, 0.29) is 0 Å². The first-order valence-electron chi connectivity index (χ1n) is 5.75. The van der Waals surface area contributed by atoms with Crippen LogP contribution in [0.1, 0.15) is 25.0 Å². The average Bonchev–Trinajstić information content (AvgIpc) is 2.96. The molecule has 0 amide bonds. The molecule has 0 atom stereocenters. The van der Waals surface area contributed by atoms with Crippen LogP contribution in [-0.2, 0) is 13.6 Å². The van der Waals surface area contributed by atoms with Crippen LogP contribution in [0.2, 0.25) is 0 Å². The van der Waals surface area contributed by atoms with Crippen molar-refractivity contribution in [2.45, 2.75) is 31.8 Å². The normalized spacial score (nSPS) is 15.8. The lowest BCUT2D eigenvalue weighted by molar-refractivity contribution is 0.583. The molecule has 0 aliphatic heterocycles. The van der Waals surface area contributed by atoms with Crippen molar-refractivity contribution in [3.63, 3.8) is 0 Å². The van der Waals surface area contributed by atoms with E-state index in [1.54, 1.807) is 0 Å². The number of hydrogen-bond acceptors (Lipinski definition) is 3. The molecular formula is C11H20N4. The van der Waals surface area contributed by atoms with Crippen LogP contribution in [-0.4, -0.2) is 28.7 Å². The number of hydrogen-bond donors (Lipinski definition) is 2. The quantitative estimate of drug-likeness (QED) is 0.647. The first-order chi connectivity index (χ1) is 7.36. The molecule has 1 saturated carbocycles. The highest BCUT2D eigenvalue weighted by atomic mass is 15.0. The van der Waals surface area contributed by atoms with Gasteiger partial charge in [-0.25, -0.2) is 4.98 Å². The molecule has 0 bridgehead atoms. The van der Waals surface area contributed by atoms with Crippen LogP contribution in [0.5, 0.6) is 0 Å². The van der Waals surface area contributed by atoms with Crippen LogP contribution in [0.4, 0.5) is 0 Å². The third-order valence-corrected chi connectivity index (χ3v) is 2.76. The van der Waals surface area contributed by atoms with E-state index < -0.39 is 0 Å². The van der Waals surface area contributed by atoms with Gasteiger partial charge in [0.2, 0.25) is 0 Å². The lowest BCUT2D eigenvalue weighted by Crippen LogP contribution is -2.23. The van der Waals surface area contributed by atoms with Crippen LogP contribution in [0.3, 0.4) is 0 Å². The zero-order valence-corrected chi connectivity index (χ0v) is 9.37. The number of aryl methyl sites for hydroxylation is 1. The topological polar surface area (TPSA) is 41.9 Å². The van der Waals surface area contributed by atoms with Gasteiger partial charge in [-0.3, -0.25) is 0 Å². The molecule has 1 aromatic rings. The van der Waals surface area contributed by atoms with Crippen LogP contribution < -0.4 is 10.6 Å². The summed E-state index contributed by atoms with van der Waals surface area (Å²) in [7, 11) is 2.03. The smallest absolute Gasteiger partial charge is 0.0945 e. The van der Waals surface area contributed by atoms with E-state index in [1.807, 2.05) is 19.6 Å². The third-order valence-electron chi connectivity index (χ3n) is 2.76. The fraction of sp³-hybridized carbons (Fsp3) is 0.727. The lowest BCUT2D eigenvalue weighted by Gasteiger charge is -2.05. The van der Waals surface area contributed by atoms with E-state index in [0.717, 1.165) is 25.7 Å². The molecule has 1 aromatic heterocycles. The van der Waals surface area contributed by atoms with Gasteiger partial charge < -0.3 is 15.2 Å². The Morgan fingerprint density at radius 2 is 2.33 bits per heavy atom. The summed E-state index contributed by atoms with van der Waals surface area (Å²) < 4.78 is 2.05. The Balaban J connectivity index is 1.49. The van der Waals surface area contributed by atoms with Gasteiger partial charge in [-0.15, -0.1) is 0 Å². The Hall–Kier alpha value is -0.870. The zero-order valence-electron chi connectivity index (χ0n) is 9.37. The second kappa shape index (κ2) is 5.28. The minimum atomic E-state index is 0.835. The highest BCUT2D eigenvalue weighted by Gasteiger charge is 2.19. The first-order valence-corrected chi connectivity index (χ1v) is 5.75. The van der Waals surface area contributed by atoms with Gasteiger partial charge in [0, 0.05) is 25.8 Å². The predicted molar refractivity (Wildman–Crippen MR) is 60.6 cm³/mol. The van der Waals surface area contributed by atoms with Gasteiger partial charge >= 0.3 is 0 Å². The van der Waals surface area contributed by atoms with Crippen molar-refractivity contribution in [3.8, 4) is 0 Å². The molecule has 84 valence electrons. The van der Waals surface area contributed by atoms with Crippen molar-refractivity contribution in [2.75, 3.05) is 13.1 Å². The fourth-order valence-corrected chi connectivity index (χ4v) is 1.58. The fourth-order valence-electron chi connectivity index (χ4n) is 1.58. The molecule has 1 heterocycles. The summed E-state index contributed by atoms with van der Waals surface area (Å²) in [5.41, 5.74) is 1.24. The van der Waals surface area contributed by atoms with E-state index in [1.165, 1.54) is 25.0 Å². The molecule has 0 saturated heterocycles. The van der Waals surface area contributed by atoms with Gasteiger partial charge in [-0.2, -0.15) is 0 Å². The summed E-state index contributed by atoms with van der Waals surface area (Å²) in [6.07, 6.45) is 7.71. The molecule has 1 aliphatic rings. The van der Waals surface area contributed by atoms with Crippen molar-refractivity contribution in [3.05, 3.63) is 18.2 Å². The van der Waals surface area contributed by atoms with Crippen molar-refractivity contribution in [1.82, 2.24) is 20.2 Å². The molecule has 4 nitrogen and oxygen atoms in total. The van der Waals surface area contributed by atoms with Crippen molar-refractivity contribution >= 4 is 0 Å². The lowest BCUT2D eigenvalue weighted by atomic mass is 10.4. The van der Waals surface area contributed by atoms with Gasteiger partial charge in [0.05, 0.1) is 12.0 Å². The van der Waals surface area contributed by atoms with Gasteiger partial charge in [-0.05, 0) is 32.4 Å². The van der Waals surface area contributed by atoms with Crippen LogP contribution in [0.15, 0.2) is 12.5 Å². The Kier molecular flexibility index (Phi) is 3.75. The van der Waals surface area contributed by atoms with Gasteiger partial charge in [-0.1, -0.05) is 0 Å². The molecule has 4 heteroatoms. The van der Waals surface area contributed by atoms with Crippen LogP contribution in [0.25, 0.3) is 0 Å². The summed E-state index contributed by atoms with van der Waals surface area (Å²) in [4.78, 5) is 4.08. The maximum Gasteiger partial charge on any atom is 0.0945 e. The molecule has 0 unspecified atom stereocenters. The Labute approximate surface area is 91.1 Å². The van der Waals surface area contributed by atoms with Crippen LogP contribution in [0, 0.1) is 0 Å². The standard InChI is InChI=1S/C11H20N4/c1-15-9-13-8-11(15)7-12-5-2-6-14-10-3-4-10/h8-10,12,14H,2-7H2,1H3.